The summed E-state index contributed by atoms with van der Waals surface area (Å²) in [5, 5.41) is 26.3. The Balaban J connectivity index is 2.11. The number of amides is 1. The van der Waals surface area contributed by atoms with E-state index >= 15 is 0 Å². The quantitative estimate of drug-likeness (QED) is 0.435. The molecule has 0 unspecified atom stereocenters. The van der Waals surface area contributed by atoms with Gasteiger partial charge in [0.1, 0.15) is 17.5 Å². The number of rotatable bonds is 1. The van der Waals surface area contributed by atoms with Gasteiger partial charge in [0.25, 0.3) is 0 Å². The van der Waals surface area contributed by atoms with E-state index in [2.05, 4.69) is 17.2 Å². The van der Waals surface area contributed by atoms with Crippen LogP contribution in [0.15, 0.2) is 48.7 Å². The maximum Gasteiger partial charge on any atom is 0.328 e. The Hall–Kier alpha value is -3.52. The lowest BCUT2D eigenvalue weighted by Gasteiger charge is -2.24. The normalized spacial score (nSPS) is 21.8. The molecule has 164 valence electrons. The van der Waals surface area contributed by atoms with Crippen LogP contribution >= 0.6 is 0 Å². The van der Waals surface area contributed by atoms with Gasteiger partial charge in [-0.05, 0) is 53.4 Å². The van der Waals surface area contributed by atoms with E-state index in [-0.39, 0.29) is 24.3 Å². The van der Waals surface area contributed by atoms with Crippen molar-refractivity contribution < 1.29 is 24.5 Å². The van der Waals surface area contributed by atoms with Gasteiger partial charge in [0, 0.05) is 18.5 Å². The minimum absolute atomic E-state index is 0.0292. The van der Waals surface area contributed by atoms with E-state index in [1.165, 1.54) is 13.2 Å². The van der Waals surface area contributed by atoms with Crippen LogP contribution < -0.4 is 16.4 Å². The lowest BCUT2D eigenvalue weighted by atomic mass is 9.95. The molecule has 0 saturated carbocycles. The first-order valence-corrected chi connectivity index (χ1v) is 9.92. The van der Waals surface area contributed by atoms with E-state index in [4.69, 9.17) is 10.5 Å². The molecule has 1 heterocycles. The molecule has 8 heteroatoms. The number of aromatic hydroxyl groups is 2. The summed E-state index contributed by atoms with van der Waals surface area (Å²) in [4.78, 5) is 24.9. The van der Waals surface area contributed by atoms with Crippen LogP contribution in [-0.4, -0.2) is 47.3 Å². The molecule has 1 aliphatic heterocycles. The molecule has 0 spiro atoms. The first-order chi connectivity index (χ1) is 14.7. The molecule has 1 aliphatic rings. The van der Waals surface area contributed by atoms with Crippen LogP contribution in [0.25, 0.3) is 11.1 Å². The lowest BCUT2D eigenvalue weighted by Crippen LogP contribution is -2.49. The van der Waals surface area contributed by atoms with Gasteiger partial charge in [0.05, 0.1) is 19.2 Å². The van der Waals surface area contributed by atoms with Gasteiger partial charge >= 0.3 is 5.97 Å². The van der Waals surface area contributed by atoms with Gasteiger partial charge in [-0.1, -0.05) is 18.7 Å². The summed E-state index contributed by atoms with van der Waals surface area (Å²) in [6, 6.07) is 7.79. The molecule has 1 amide bonds. The number of methoxy groups -OCH3 is 1. The van der Waals surface area contributed by atoms with Crippen molar-refractivity contribution in [1.82, 2.24) is 10.6 Å². The van der Waals surface area contributed by atoms with Gasteiger partial charge in [0.15, 0.2) is 0 Å². The van der Waals surface area contributed by atoms with Crippen molar-refractivity contribution >= 4 is 11.9 Å². The van der Waals surface area contributed by atoms with Crippen molar-refractivity contribution in [2.45, 2.75) is 37.9 Å². The summed E-state index contributed by atoms with van der Waals surface area (Å²) in [5.41, 5.74) is 9.12. The predicted octanol–water partition coefficient (Wildman–Crippen LogP) is 1.34. The highest BCUT2D eigenvalue weighted by molar-refractivity contribution is 5.83. The van der Waals surface area contributed by atoms with Crippen LogP contribution in [0.5, 0.6) is 11.5 Å². The molecule has 0 aromatic heterocycles. The number of esters is 1. The van der Waals surface area contributed by atoms with E-state index in [1.54, 1.807) is 31.2 Å². The maximum absolute atomic E-state index is 12.6. The molecule has 4 bridgehead atoms. The fraction of sp³-hybridized carbons (Fsp3) is 0.304. The third-order valence-electron chi connectivity index (χ3n) is 5.33. The summed E-state index contributed by atoms with van der Waals surface area (Å²) in [7, 11) is 1.29. The van der Waals surface area contributed by atoms with Crippen molar-refractivity contribution in [3.05, 3.63) is 59.8 Å². The highest BCUT2D eigenvalue weighted by Crippen LogP contribution is 2.30. The highest BCUT2D eigenvalue weighted by atomic mass is 16.5. The molecule has 0 radical (unpaired) electrons. The molecular weight excluding hydrogens is 398 g/mol. The number of carbonyl (C=O) groups excluding carboxylic acids is 2. The topological polar surface area (TPSA) is 134 Å². The maximum atomic E-state index is 12.6. The standard InChI is InChI=1S/C23H27N3O5/c1-12-13(2)26-22(29)19(24)11-17-9-15(4-5-21(17)28)16-6-14(7-18(27)10-16)8-20(25-12)23(30)31-3/h4-7,9-10,13,19-20,25,27-28H,1,8,11,24H2,2-3H3,(H,26,29)/t13-,19-,20-/m0/s1. The third-order valence-corrected chi connectivity index (χ3v) is 5.33. The zero-order valence-electron chi connectivity index (χ0n) is 17.5. The average Bonchev–Trinajstić information content (AvgIpc) is 2.72. The summed E-state index contributed by atoms with van der Waals surface area (Å²) in [6.07, 6.45) is 0.340. The van der Waals surface area contributed by atoms with Crippen LogP contribution in [0.1, 0.15) is 18.1 Å². The Labute approximate surface area is 180 Å². The lowest BCUT2D eigenvalue weighted by molar-refractivity contribution is -0.142. The van der Waals surface area contributed by atoms with Crippen molar-refractivity contribution in [3.63, 3.8) is 0 Å². The molecule has 3 atom stereocenters. The molecule has 6 N–H and O–H groups in total. The van der Waals surface area contributed by atoms with Gasteiger partial charge in [-0.3, -0.25) is 4.79 Å². The van der Waals surface area contributed by atoms with Crippen molar-refractivity contribution in [3.8, 4) is 22.6 Å². The SMILES string of the molecule is C=C1N[C@H](C(=O)OC)Cc2cc(O)cc(c2)-c2ccc(O)c(c2)C[C@H](N)C(=O)N[C@H]1C. The summed E-state index contributed by atoms with van der Waals surface area (Å²) in [5.74, 6) is -0.849. The number of ether oxygens (including phenoxy) is 1. The summed E-state index contributed by atoms with van der Waals surface area (Å²) >= 11 is 0. The van der Waals surface area contributed by atoms with Crippen molar-refractivity contribution in [1.29, 1.82) is 0 Å². The molecule has 3 rings (SSSR count). The molecule has 0 saturated heterocycles. The van der Waals surface area contributed by atoms with E-state index < -0.39 is 30.0 Å². The minimum Gasteiger partial charge on any atom is -0.508 e. The Morgan fingerprint density at radius 1 is 1.13 bits per heavy atom. The predicted molar refractivity (Wildman–Crippen MR) is 116 cm³/mol. The van der Waals surface area contributed by atoms with Crippen LogP contribution in [0, 0.1) is 0 Å². The van der Waals surface area contributed by atoms with Gasteiger partial charge < -0.3 is 31.3 Å². The Bertz CT molecular complexity index is 1020. The van der Waals surface area contributed by atoms with Gasteiger partial charge in [-0.15, -0.1) is 0 Å². The number of fused-ring (bicyclic) bond motifs is 5. The van der Waals surface area contributed by atoms with E-state index in [0.29, 0.717) is 22.4 Å². The monoisotopic (exact) mass is 425 g/mol. The number of nitrogens with two attached hydrogens (primary N) is 1. The van der Waals surface area contributed by atoms with E-state index in [1.807, 2.05) is 6.07 Å². The fourth-order valence-corrected chi connectivity index (χ4v) is 3.54. The van der Waals surface area contributed by atoms with Crippen LogP contribution in [-0.2, 0) is 27.2 Å². The molecular formula is C23H27N3O5. The Morgan fingerprint density at radius 3 is 2.58 bits per heavy atom. The van der Waals surface area contributed by atoms with Crippen molar-refractivity contribution in [2.75, 3.05) is 7.11 Å². The smallest absolute Gasteiger partial charge is 0.328 e. The van der Waals surface area contributed by atoms with Crippen LogP contribution in [0.4, 0.5) is 0 Å². The number of carbonyl (C=O) groups is 2. The number of hydrogen-bond donors (Lipinski definition) is 5. The number of benzene rings is 2. The average molecular weight is 425 g/mol. The number of hydrogen-bond acceptors (Lipinski definition) is 7. The van der Waals surface area contributed by atoms with E-state index in [9.17, 15) is 19.8 Å². The summed E-state index contributed by atoms with van der Waals surface area (Å²) < 4.78 is 4.91. The minimum atomic E-state index is -0.905. The fourth-order valence-electron chi connectivity index (χ4n) is 3.54. The first-order valence-electron chi connectivity index (χ1n) is 9.92. The largest absolute Gasteiger partial charge is 0.508 e. The second-order valence-electron chi connectivity index (χ2n) is 7.72. The van der Waals surface area contributed by atoms with Gasteiger partial charge in [-0.25, -0.2) is 4.79 Å². The molecule has 2 aromatic rings. The Morgan fingerprint density at radius 2 is 1.87 bits per heavy atom. The van der Waals surface area contributed by atoms with Crippen LogP contribution in [0.3, 0.4) is 0 Å². The number of phenolic OH excluding ortho intramolecular Hbond substituents is 2. The second-order valence-corrected chi connectivity index (χ2v) is 7.72. The highest BCUT2D eigenvalue weighted by Gasteiger charge is 2.25. The molecule has 0 fully saturated rings. The zero-order valence-corrected chi connectivity index (χ0v) is 17.5. The first kappa shape index (κ1) is 22.2. The van der Waals surface area contributed by atoms with Crippen LogP contribution in [0.2, 0.25) is 0 Å². The third kappa shape index (κ3) is 5.16. The van der Waals surface area contributed by atoms with Gasteiger partial charge in [-0.2, -0.15) is 0 Å². The van der Waals surface area contributed by atoms with E-state index in [0.717, 1.165) is 5.56 Å². The molecule has 2 aromatic carbocycles. The zero-order chi connectivity index (χ0) is 22.7. The second kappa shape index (κ2) is 9.09. The molecule has 0 aliphatic carbocycles. The summed E-state index contributed by atoms with van der Waals surface area (Å²) in [6.45, 7) is 5.65. The number of phenols is 2. The Kier molecular flexibility index (Phi) is 6.50. The number of nitrogens with one attached hydrogen (secondary N) is 2. The molecule has 31 heavy (non-hydrogen) atoms. The van der Waals surface area contributed by atoms with Gasteiger partial charge in [0.2, 0.25) is 5.91 Å². The van der Waals surface area contributed by atoms with Crippen molar-refractivity contribution in [2.24, 2.45) is 5.73 Å². The molecule has 8 nitrogen and oxygen atoms in total.